The number of benzene rings is 1. The van der Waals surface area contributed by atoms with E-state index in [1.807, 2.05) is 12.1 Å². The molecule has 0 radical (unpaired) electrons. The van der Waals surface area contributed by atoms with Crippen LogP contribution in [0.1, 0.15) is 24.4 Å². The Morgan fingerprint density at radius 3 is 2.68 bits per heavy atom. The summed E-state index contributed by atoms with van der Waals surface area (Å²) in [7, 11) is 0. The van der Waals surface area contributed by atoms with E-state index < -0.39 is 0 Å². The maximum atomic E-state index is 5.97. The van der Waals surface area contributed by atoms with E-state index in [1.165, 1.54) is 0 Å². The SMILES string of the molecule is CC(C)Cc1nnc(NCc2ccc(Cl)c(Cl)c2)s1. The van der Waals surface area contributed by atoms with Gasteiger partial charge in [0.1, 0.15) is 5.01 Å². The van der Waals surface area contributed by atoms with Crippen molar-refractivity contribution >= 4 is 39.7 Å². The Balaban J connectivity index is 1.94. The highest BCUT2D eigenvalue weighted by molar-refractivity contribution is 7.15. The van der Waals surface area contributed by atoms with E-state index in [9.17, 15) is 0 Å². The molecule has 0 atom stereocenters. The molecule has 1 N–H and O–H groups in total. The van der Waals surface area contributed by atoms with Crippen LogP contribution in [-0.4, -0.2) is 10.2 Å². The van der Waals surface area contributed by atoms with Gasteiger partial charge in [0, 0.05) is 13.0 Å². The number of rotatable bonds is 5. The van der Waals surface area contributed by atoms with Crippen LogP contribution >= 0.6 is 34.5 Å². The van der Waals surface area contributed by atoms with Crippen molar-refractivity contribution in [3.63, 3.8) is 0 Å². The molecule has 1 heterocycles. The molecule has 3 nitrogen and oxygen atoms in total. The fourth-order valence-corrected chi connectivity index (χ4v) is 2.85. The van der Waals surface area contributed by atoms with Crippen molar-refractivity contribution in [2.24, 2.45) is 5.92 Å². The predicted molar refractivity (Wildman–Crippen MR) is 82.2 cm³/mol. The predicted octanol–water partition coefficient (Wildman–Crippen LogP) is 4.66. The van der Waals surface area contributed by atoms with Gasteiger partial charge in [-0.15, -0.1) is 10.2 Å². The maximum absolute atomic E-state index is 5.97. The molecule has 2 rings (SSSR count). The van der Waals surface area contributed by atoms with E-state index in [0.29, 0.717) is 22.5 Å². The summed E-state index contributed by atoms with van der Waals surface area (Å²) in [4.78, 5) is 0. The third kappa shape index (κ3) is 4.34. The summed E-state index contributed by atoms with van der Waals surface area (Å²) in [6.45, 7) is 5.00. The van der Waals surface area contributed by atoms with Crippen molar-refractivity contribution in [2.75, 3.05) is 5.32 Å². The molecule has 0 spiro atoms. The fraction of sp³-hybridized carbons (Fsp3) is 0.385. The second kappa shape index (κ2) is 6.55. The number of anilines is 1. The van der Waals surface area contributed by atoms with Crippen LogP contribution in [0.4, 0.5) is 5.13 Å². The molecule has 0 saturated heterocycles. The minimum atomic E-state index is 0.568. The normalized spacial score (nSPS) is 11.0. The maximum Gasteiger partial charge on any atom is 0.205 e. The highest BCUT2D eigenvalue weighted by Crippen LogP contribution is 2.24. The van der Waals surface area contributed by atoms with Crippen LogP contribution < -0.4 is 5.32 Å². The average molecular weight is 316 g/mol. The summed E-state index contributed by atoms with van der Waals surface area (Å²) in [5.41, 5.74) is 1.06. The molecule has 6 heteroatoms. The van der Waals surface area contributed by atoms with Gasteiger partial charge in [0.2, 0.25) is 5.13 Å². The van der Waals surface area contributed by atoms with Crippen molar-refractivity contribution < 1.29 is 0 Å². The monoisotopic (exact) mass is 315 g/mol. The van der Waals surface area contributed by atoms with Gasteiger partial charge in [-0.3, -0.25) is 0 Å². The lowest BCUT2D eigenvalue weighted by molar-refractivity contribution is 0.640. The summed E-state index contributed by atoms with van der Waals surface area (Å²) >= 11 is 13.4. The molecule has 0 aliphatic heterocycles. The number of halogens is 2. The van der Waals surface area contributed by atoms with E-state index >= 15 is 0 Å². The molecule has 19 heavy (non-hydrogen) atoms. The molecular weight excluding hydrogens is 301 g/mol. The van der Waals surface area contributed by atoms with Crippen molar-refractivity contribution in [3.05, 3.63) is 38.8 Å². The topological polar surface area (TPSA) is 37.8 Å². The van der Waals surface area contributed by atoms with E-state index in [1.54, 1.807) is 17.4 Å². The lowest BCUT2D eigenvalue weighted by Gasteiger charge is -2.03. The summed E-state index contributed by atoms with van der Waals surface area (Å²) < 4.78 is 0. The van der Waals surface area contributed by atoms with Crippen LogP contribution in [0.25, 0.3) is 0 Å². The first-order valence-electron chi connectivity index (χ1n) is 6.05. The highest BCUT2D eigenvalue weighted by Gasteiger charge is 2.06. The molecule has 102 valence electrons. The van der Waals surface area contributed by atoms with Crippen molar-refractivity contribution in [1.82, 2.24) is 10.2 Å². The number of hydrogen-bond acceptors (Lipinski definition) is 4. The molecule has 2 aromatic rings. The molecule has 1 aromatic carbocycles. The Morgan fingerprint density at radius 2 is 2.00 bits per heavy atom. The first kappa shape index (κ1) is 14.6. The Kier molecular flexibility index (Phi) is 5.02. The summed E-state index contributed by atoms with van der Waals surface area (Å²) in [5.74, 6) is 0.593. The zero-order chi connectivity index (χ0) is 13.8. The molecule has 0 bridgehead atoms. The zero-order valence-electron chi connectivity index (χ0n) is 10.8. The average Bonchev–Trinajstić information content (AvgIpc) is 2.77. The van der Waals surface area contributed by atoms with Gasteiger partial charge < -0.3 is 5.32 Å². The first-order chi connectivity index (χ1) is 9.04. The standard InChI is InChI=1S/C13H15Cl2N3S/c1-8(2)5-12-17-18-13(19-12)16-7-9-3-4-10(14)11(15)6-9/h3-4,6,8H,5,7H2,1-2H3,(H,16,18). The van der Waals surface area contributed by atoms with Crippen LogP contribution in [0.15, 0.2) is 18.2 Å². The highest BCUT2D eigenvalue weighted by atomic mass is 35.5. The summed E-state index contributed by atoms with van der Waals surface area (Å²) in [5, 5.41) is 14.6. The van der Waals surface area contributed by atoms with Crippen LogP contribution in [0.2, 0.25) is 10.0 Å². The molecule has 1 aromatic heterocycles. The van der Waals surface area contributed by atoms with Crippen molar-refractivity contribution in [1.29, 1.82) is 0 Å². The van der Waals surface area contributed by atoms with Crippen molar-refractivity contribution in [2.45, 2.75) is 26.8 Å². The molecule has 0 aliphatic rings. The zero-order valence-corrected chi connectivity index (χ0v) is 13.1. The van der Waals surface area contributed by atoms with Crippen LogP contribution in [0, 0.1) is 5.92 Å². The van der Waals surface area contributed by atoms with Gasteiger partial charge in [0.25, 0.3) is 0 Å². The fourth-order valence-electron chi connectivity index (χ4n) is 1.58. The third-order valence-electron chi connectivity index (χ3n) is 2.48. The van der Waals surface area contributed by atoms with E-state index in [-0.39, 0.29) is 0 Å². The van der Waals surface area contributed by atoms with Gasteiger partial charge in [-0.25, -0.2) is 0 Å². The lowest BCUT2D eigenvalue weighted by Crippen LogP contribution is -1.98. The minimum Gasteiger partial charge on any atom is -0.356 e. The molecule has 0 aliphatic carbocycles. The molecule has 0 amide bonds. The van der Waals surface area contributed by atoms with Gasteiger partial charge >= 0.3 is 0 Å². The Hall–Kier alpha value is -0.840. The van der Waals surface area contributed by atoms with Gasteiger partial charge in [0.15, 0.2) is 0 Å². The Morgan fingerprint density at radius 1 is 1.21 bits per heavy atom. The molecule has 0 unspecified atom stereocenters. The van der Waals surface area contributed by atoms with Crippen LogP contribution in [-0.2, 0) is 13.0 Å². The summed E-state index contributed by atoms with van der Waals surface area (Å²) in [6.07, 6.45) is 0.964. The Bertz CT molecular complexity index is 555. The number of nitrogens with zero attached hydrogens (tertiary/aromatic N) is 2. The van der Waals surface area contributed by atoms with Gasteiger partial charge in [-0.1, -0.05) is 54.5 Å². The first-order valence-corrected chi connectivity index (χ1v) is 7.62. The van der Waals surface area contributed by atoms with E-state index in [4.69, 9.17) is 23.2 Å². The van der Waals surface area contributed by atoms with Gasteiger partial charge in [-0.05, 0) is 23.6 Å². The number of nitrogens with one attached hydrogen (secondary N) is 1. The second-order valence-corrected chi connectivity index (χ2v) is 6.58. The third-order valence-corrected chi connectivity index (χ3v) is 4.12. The molecule has 0 saturated carbocycles. The molecule has 0 fully saturated rings. The van der Waals surface area contributed by atoms with Gasteiger partial charge in [0.05, 0.1) is 10.0 Å². The lowest BCUT2D eigenvalue weighted by atomic mass is 10.1. The Labute approximate surface area is 127 Å². The second-order valence-electron chi connectivity index (χ2n) is 4.70. The van der Waals surface area contributed by atoms with Crippen LogP contribution in [0.5, 0.6) is 0 Å². The number of aromatic nitrogens is 2. The largest absolute Gasteiger partial charge is 0.356 e. The van der Waals surface area contributed by atoms with Crippen LogP contribution in [0.3, 0.4) is 0 Å². The quantitative estimate of drug-likeness (QED) is 0.872. The van der Waals surface area contributed by atoms with E-state index in [0.717, 1.165) is 22.1 Å². The summed E-state index contributed by atoms with van der Waals surface area (Å²) in [6, 6.07) is 5.59. The van der Waals surface area contributed by atoms with E-state index in [2.05, 4.69) is 29.4 Å². The van der Waals surface area contributed by atoms with Crippen molar-refractivity contribution in [3.8, 4) is 0 Å². The van der Waals surface area contributed by atoms with Gasteiger partial charge in [-0.2, -0.15) is 0 Å². The minimum absolute atomic E-state index is 0.568. The smallest absolute Gasteiger partial charge is 0.205 e. The molecular formula is C13H15Cl2N3S. The number of hydrogen-bond donors (Lipinski definition) is 1.